The third-order valence-electron chi connectivity index (χ3n) is 3.74. The molecule has 3 rings (SSSR count). The molecule has 6 nitrogen and oxygen atoms in total. The third-order valence-corrected chi connectivity index (χ3v) is 3.74. The topological polar surface area (TPSA) is 72.4 Å². The largest absolute Gasteiger partial charge is 0.423 e. The number of nitro benzene ring substituents is 1. The average molecular weight is 261 g/mol. The summed E-state index contributed by atoms with van der Waals surface area (Å²) in [5.41, 5.74) is 1.15. The molecule has 6 heteroatoms. The monoisotopic (exact) mass is 261 g/mol. The van der Waals surface area contributed by atoms with E-state index < -0.39 is 4.92 Å². The second-order valence-electron chi connectivity index (χ2n) is 5.09. The van der Waals surface area contributed by atoms with Crippen LogP contribution in [0.4, 0.5) is 11.7 Å². The summed E-state index contributed by atoms with van der Waals surface area (Å²) < 4.78 is 5.69. The zero-order chi connectivity index (χ0) is 13.6. The first-order valence-corrected chi connectivity index (χ1v) is 6.39. The van der Waals surface area contributed by atoms with Crippen molar-refractivity contribution in [2.45, 2.75) is 38.8 Å². The van der Waals surface area contributed by atoms with Gasteiger partial charge in [-0.1, -0.05) is 0 Å². The summed E-state index contributed by atoms with van der Waals surface area (Å²) in [6, 6.07) is 5.85. The number of aromatic nitrogens is 1. The molecule has 0 aliphatic carbocycles. The number of hydrogen-bond donors (Lipinski definition) is 0. The molecule has 1 aromatic carbocycles. The SMILES string of the molecule is C[C@@H]1CC[C@H](C)N1c1nc2ccc([N+](=O)[O-])cc2o1. The van der Waals surface area contributed by atoms with Crippen LogP contribution in [0.25, 0.3) is 11.1 Å². The predicted octanol–water partition coefficient (Wildman–Crippen LogP) is 3.11. The van der Waals surface area contributed by atoms with E-state index in [0.29, 0.717) is 29.2 Å². The number of benzene rings is 1. The molecule has 0 N–H and O–H groups in total. The number of hydrogen-bond acceptors (Lipinski definition) is 5. The van der Waals surface area contributed by atoms with E-state index in [-0.39, 0.29) is 5.69 Å². The van der Waals surface area contributed by atoms with Crippen LogP contribution in [0.3, 0.4) is 0 Å². The smallest absolute Gasteiger partial charge is 0.298 e. The lowest BCUT2D eigenvalue weighted by Crippen LogP contribution is -2.32. The van der Waals surface area contributed by atoms with Crippen LogP contribution in [-0.2, 0) is 0 Å². The van der Waals surface area contributed by atoms with E-state index in [0.717, 1.165) is 12.8 Å². The molecular formula is C13H15N3O3. The summed E-state index contributed by atoms with van der Waals surface area (Å²) in [7, 11) is 0. The van der Waals surface area contributed by atoms with Gasteiger partial charge in [0.05, 0.1) is 11.0 Å². The fourth-order valence-electron chi connectivity index (χ4n) is 2.70. The van der Waals surface area contributed by atoms with Crippen molar-refractivity contribution in [2.24, 2.45) is 0 Å². The number of rotatable bonds is 2. The standard InChI is InChI=1S/C13H15N3O3/c1-8-3-4-9(2)15(8)13-14-11-6-5-10(16(17)18)7-12(11)19-13/h5-9H,3-4H2,1-2H3/t8-,9+. The lowest BCUT2D eigenvalue weighted by atomic mass is 10.2. The zero-order valence-corrected chi connectivity index (χ0v) is 10.9. The van der Waals surface area contributed by atoms with Gasteiger partial charge in [-0.25, -0.2) is 0 Å². The highest BCUT2D eigenvalue weighted by molar-refractivity contribution is 5.77. The normalized spacial score (nSPS) is 23.2. The van der Waals surface area contributed by atoms with E-state index in [9.17, 15) is 10.1 Å². The summed E-state index contributed by atoms with van der Waals surface area (Å²) in [6.07, 6.45) is 2.22. The summed E-state index contributed by atoms with van der Waals surface area (Å²) >= 11 is 0. The molecule has 0 saturated carbocycles. The van der Waals surface area contributed by atoms with Gasteiger partial charge >= 0.3 is 0 Å². The molecule has 2 atom stereocenters. The molecule has 0 bridgehead atoms. The van der Waals surface area contributed by atoms with Gasteiger partial charge in [0.15, 0.2) is 5.58 Å². The minimum absolute atomic E-state index is 0.0257. The number of non-ortho nitro benzene ring substituents is 1. The van der Waals surface area contributed by atoms with E-state index in [1.54, 1.807) is 6.07 Å². The average Bonchev–Trinajstić information content (AvgIpc) is 2.91. The van der Waals surface area contributed by atoms with Crippen LogP contribution >= 0.6 is 0 Å². The Kier molecular flexibility index (Phi) is 2.66. The molecule has 1 fully saturated rings. The van der Waals surface area contributed by atoms with Crippen LogP contribution in [-0.4, -0.2) is 22.0 Å². The van der Waals surface area contributed by atoms with Gasteiger partial charge in [-0.3, -0.25) is 10.1 Å². The van der Waals surface area contributed by atoms with Crippen LogP contribution in [0.2, 0.25) is 0 Å². The predicted molar refractivity (Wildman–Crippen MR) is 71.3 cm³/mol. The Morgan fingerprint density at radius 1 is 1.37 bits per heavy atom. The second kappa shape index (κ2) is 4.22. The molecule has 2 heterocycles. The van der Waals surface area contributed by atoms with Crippen molar-refractivity contribution < 1.29 is 9.34 Å². The van der Waals surface area contributed by atoms with Crippen molar-refractivity contribution in [3.05, 3.63) is 28.3 Å². The van der Waals surface area contributed by atoms with Gasteiger partial charge in [0.25, 0.3) is 11.7 Å². The first kappa shape index (κ1) is 12.0. The fraction of sp³-hybridized carbons (Fsp3) is 0.462. The van der Waals surface area contributed by atoms with Crippen molar-refractivity contribution in [1.82, 2.24) is 4.98 Å². The van der Waals surface area contributed by atoms with Crippen molar-refractivity contribution in [2.75, 3.05) is 4.90 Å². The van der Waals surface area contributed by atoms with E-state index >= 15 is 0 Å². The first-order valence-electron chi connectivity index (χ1n) is 6.39. The Labute approximate surface area is 110 Å². The number of nitro groups is 1. The van der Waals surface area contributed by atoms with Gasteiger partial charge < -0.3 is 9.32 Å². The number of nitrogens with zero attached hydrogens (tertiary/aromatic N) is 3. The Morgan fingerprint density at radius 2 is 2.05 bits per heavy atom. The molecule has 0 unspecified atom stereocenters. The minimum atomic E-state index is -0.428. The van der Waals surface area contributed by atoms with Gasteiger partial charge in [0, 0.05) is 18.2 Å². The van der Waals surface area contributed by atoms with Crippen LogP contribution in [0.15, 0.2) is 22.6 Å². The number of oxazole rings is 1. The quantitative estimate of drug-likeness (QED) is 0.613. The Balaban J connectivity index is 2.04. The van der Waals surface area contributed by atoms with Crippen molar-refractivity contribution in [3.8, 4) is 0 Å². The lowest BCUT2D eigenvalue weighted by Gasteiger charge is -2.23. The van der Waals surface area contributed by atoms with E-state index in [1.165, 1.54) is 12.1 Å². The maximum Gasteiger partial charge on any atom is 0.298 e. The molecule has 0 radical (unpaired) electrons. The fourth-order valence-corrected chi connectivity index (χ4v) is 2.70. The van der Waals surface area contributed by atoms with Gasteiger partial charge in [-0.2, -0.15) is 4.98 Å². The molecule has 2 aromatic rings. The highest BCUT2D eigenvalue weighted by Gasteiger charge is 2.31. The lowest BCUT2D eigenvalue weighted by molar-refractivity contribution is -0.384. The molecule has 100 valence electrons. The molecule has 0 amide bonds. The van der Waals surface area contributed by atoms with Crippen LogP contribution in [0, 0.1) is 10.1 Å². The summed E-state index contributed by atoms with van der Waals surface area (Å²) in [6.45, 7) is 4.28. The van der Waals surface area contributed by atoms with Gasteiger partial charge in [0.2, 0.25) is 0 Å². The van der Waals surface area contributed by atoms with Crippen molar-refractivity contribution >= 4 is 22.8 Å². The van der Waals surface area contributed by atoms with Gasteiger partial charge in [-0.05, 0) is 32.8 Å². The highest BCUT2D eigenvalue weighted by atomic mass is 16.6. The summed E-state index contributed by atoms with van der Waals surface area (Å²) in [4.78, 5) is 16.9. The number of fused-ring (bicyclic) bond motifs is 1. The maximum atomic E-state index is 10.7. The molecule has 0 spiro atoms. The van der Waals surface area contributed by atoms with Crippen LogP contribution < -0.4 is 4.90 Å². The summed E-state index contributed by atoms with van der Waals surface area (Å²) in [5, 5.41) is 10.7. The molecule has 1 aliphatic heterocycles. The number of anilines is 1. The van der Waals surface area contributed by atoms with E-state index in [2.05, 4.69) is 23.7 Å². The van der Waals surface area contributed by atoms with Crippen molar-refractivity contribution in [3.63, 3.8) is 0 Å². The van der Waals surface area contributed by atoms with Crippen molar-refractivity contribution in [1.29, 1.82) is 0 Å². The van der Waals surface area contributed by atoms with Gasteiger partial charge in [0.1, 0.15) is 5.52 Å². The molecule has 1 aliphatic rings. The van der Waals surface area contributed by atoms with Crippen LogP contribution in [0.5, 0.6) is 0 Å². The maximum absolute atomic E-state index is 10.7. The third kappa shape index (κ3) is 1.93. The zero-order valence-electron chi connectivity index (χ0n) is 10.9. The Bertz CT molecular complexity index is 627. The molecule has 1 saturated heterocycles. The minimum Gasteiger partial charge on any atom is -0.423 e. The van der Waals surface area contributed by atoms with E-state index in [1.807, 2.05) is 0 Å². The van der Waals surface area contributed by atoms with E-state index in [4.69, 9.17) is 4.42 Å². The van der Waals surface area contributed by atoms with Crippen LogP contribution in [0.1, 0.15) is 26.7 Å². The summed E-state index contributed by atoms with van der Waals surface area (Å²) in [5.74, 6) is 0. The molecule has 19 heavy (non-hydrogen) atoms. The Hall–Kier alpha value is -2.11. The second-order valence-corrected chi connectivity index (χ2v) is 5.09. The molecular weight excluding hydrogens is 246 g/mol. The first-order chi connectivity index (χ1) is 9.06. The Morgan fingerprint density at radius 3 is 2.68 bits per heavy atom. The highest BCUT2D eigenvalue weighted by Crippen LogP contribution is 2.32. The van der Waals surface area contributed by atoms with Gasteiger partial charge in [-0.15, -0.1) is 0 Å². The molecule has 1 aromatic heterocycles.